The van der Waals surface area contributed by atoms with Crippen molar-refractivity contribution in [1.82, 2.24) is 5.32 Å². The summed E-state index contributed by atoms with van der Waals surface area (Å²) in [7, 11) is 0. The van der Waals surface area contributed by atoms with Gasteiger partial charge in [0.25, 0.3) is 0 Å². The van der Waals surface area contributed by atoms with Crippen LogP contribution in [0.4, 0.5) is 0 Å². The molecule has 92 valence electrons. The van der Waals surface area contributed by atoms with Gasteiger partial charge in [0.1, 0.15) is 12.0 Å². The largest absolute Gasteiger partial charge is 0.493 e. The maximum absolute atomic E-state index is 5.62. The molecular weight excluding hydrogens is 234 g/mol. The lowest BCUT2D eigenvalue weighted by atomic mass is 10.2. The molecule has 0 aromatic carbocycles. The minimum atomic E-state index is 0.604. The fourth-order valence-electron chi connectivity index (χ4n) is 1.74. The molecule has 0 fully saturated rings. The third-order valence-corrected chi connectivity index (χ3v) is 3.55. The minimum Gasteiger partial charge on any atom is -0.493 e. The summed E-state index contributed by atoms with van der Waals surface area (Å²) in [5.41, 5.74) is 1.07. The van der Waals surface area contributed by atoms with Gasteiger partial charge in [0, 0.05) is 9.75 Å². The molecule has 1 aliphatic heterocycles. The average Bonchev–Trinajstić information content (AvgIpc) is 2.83. The van der Waals surface area contributed by atoms with Crippen LogP contribution >= 0.6 is 11.3 Å². The number of thiophene rings is 1. The molecule has 1 aromatic rings. The molecule has 1 aromatic heterocycles. The van der Waals surface area contributed by atoms with Crippen molar-refractivity contribution in [2.24, 2.45) is 0 Å². The zero-order valence-corrected chi connectivity index (χ0v) is 11.0. The topological polar surface area (TPSA) is 30.5 Å². The molecular formula is C13H17NO2S. The SMILES string of the molecule is C=C1NC(CCc2sc(C)cc2OCC)=CO1. The van der Waals surface area contributed by atoms with Crippen LogP contribution in [0, 0.1) is 6.92 Å². The van der Waals surface area contributed by atoms with Crippen molar-refractivity contribution in [2.45, 2.75) is 26.7 Å². The number of hydrogen-bond donors (Lipinski definition) is 1. The minimum absolute atomic E-state index is 0.604. The summed E-state index contributed by atoms with van der Waals surface area (Å²) in [5.74, 6) is 1.63. The Kier molecular flexibility index (Phi) is 3.74. The summed E-state index contributed by atoms with van der Waals surface area (Å²) < 4.78 is 10.8. The predicted molar refractivity (Wildman–Crippen MR) is 70.0 cm³/mol. The molecule has 0 saturated heterocycles. The van der Waals surface area contributed by atoms with Crippen molar-refractivity contribution in [3.8, 4) is 5.75 Å². The van der Waals surface area contributed by atoms with E-state index in [1.54, 1.807) is 17.6 Å². The van der Waals surface area contributed by atoms with Gasteiger partial charge in [-0.05, 0) is 39.3 Å². The molecule has 0 bridgehead atoms. The maximum atomic E-state index is 5.62. The maximum Gasteiger partial charge on any atom is 0.189 e. The van der Waals surface area contributed by atoms with Crippen LogP contribution in [-0.2, 0) is 11.2 Å². The van der Waals surface area contributed by atoms with E-state index in [4.69, 9.17) is 9.47 Å². The van der Waals surface area contributed by atoms with E-state index in [2.05, 4.69) is 24.9 Å². The molecule has 3 nitrogen and oxygen atoms in total. The lowest BCUT2D eigenvalue weighted by Crippen LogP contribution is -2.06. The smallest absolute Gasteiger partial charge is 0.189 e. The first-order valence-electron chi connectivity index (χ1n) is 5.72. The van der Waals surface area contributed by atoms with Crippen molar-refractivity contribution in [2.75, 3.05) is 6.61 Å². The molecule has 4 heteroatoms. The Morgan fingerprint density at radius 3 is 2.94 bits per heavy atom. The molecule has 2 rings (SSSR count). The molecule has 0 amide bonds. The van der Waals surface area contributed by atoms with Crippen LogP contribution in [-0.4, -0.2) is 6.61 Å². The highest BCUT2D eigenvalue weighted by molar-refractivity contribution is 7.12. The monoisotopic (exact) mass is 251 g/mol. The van der Waals surface area contributed by atoms with Crippen molar-refractivity contribution in [1.29, 1.82) is 0 Å². The van der Waals surface area contributed by atoms with Crippen molar-refractivity contribution < 1.29 is 9.47 Å². The molecule has 0 atom stereocenters. The van der Waals surface area contributed by atoms with Crippen LogP contribution in [0.3, 0.4) is 0 Å². The highest BCUT2D eigenvalue weighted by Gasteiger charge is 2.12. The zero-order chi connectivity index (χ0) is 12.3. The standard InChI is InChI=1S/C13H17NO2S/c1-4-15-12-7-9(2)17-13(12)6-5-11-8-16-10(3)14-11/h7-8,14H,3-6H2,1-2H3. The summed E-state index contributed by atoms with van der Waals surface area (Å²) in [6, 6.07) is 2.11. The van der Waals surface area contributed by atoms with E-state index in [0.29, 0.717) is 12.5 Å². The van der Waals surface area contributed by atoms with Gasteiger partial charge in [0.2, 0.25) is 0 Å². The number of aryl methyl sites for hydroxylation is 2. The Morgan fingerprint density at radius 2 is 2.29 bits per heavy atom. The molecule has 17 heavy (non-hydrogen) atoms. The second-order valence-electron chi connectivity index (χ2n) is 3.89. The Morgan fingerprint density at radius 1 is 1.47 bits per heavy atom. The summed E-state index contributed by atoms with van der Waals surface area (Å²) in [6.07, 6.45) is 3.60. The Balaban J connectivity index is 1.96. The number of rotatable bonds is 5. The summed E-state index contributed by atoms with van der Waals surface area (Å²) >= 11 is 1.80. The number of nitrogens with one attached hydrogen (secondary N) is 1. The Hall–Kier alpha value is -1.42. The molecule has 0 radical (unpaired) electrons. The van der Waals surface area contributed by atoms with E-state index >= 15 is 0 Å². The molecule has 0 spiro atoms. The van der Waals surface area contributed by atoms with Gasteiger partial charge in [0.05, 0.1) is 12.3 Å². The van der Waals surface area contributed by atoms with Crippen LogP contribution in [0.15, 0.2) is 30.5 Å². The molecule has 2 heterocycles. The Labute approximate surface area is 106 Å². The molecule has 0 unspecified atom stereocenters. The first kappa shape index (κ1) is 12.0. The lowest BCUT2D eigenvalue weighted by Gasteiger charge is -2.05. The zero-order valence-electron chi connectivity index (χ0n) is 10.2. The van der Waals surface area contributed by atoms with E-state index in [1.807, 2.05) is 6.92 Å². The number of ether oxygens (including phenoxy) is 2. The third-order valence-electron chi connectivity index (χ3n) is 2.46. The van der Waals surface area contributed by atoms with Gasteiger partial charge in [-0.3, -0.25) is 0 Å². The lowest BCUT2D eigenvalue weighted by molar-refractivity contribution is 0.338. The number of allylic oxidation sites excluding steroid dienone is 1. The van der Waals surface area contributed by atoms with Crippen LogP contribution in [0.1, 0.15) is 23.1 Å². The van der Waals surface area contributed by atoms with E-state index in [9.17, 15) is 0 Å². The first-order chi connectivity index (χ1) is 8.19. The van der Waals surface area contributed by atoms with E-state index in [0.717, 1.165) is 24.3 Å². The molecule has 1 N–H and O–H groups in total. The van der Waals surface area contributed by atoms with Gasteiger partial charge >= 0.3 is 0 Å². The van der Waals surface area contributed by atoms with Gasteiger partial charge in [0.15, 0.2) is 5.88 Å². The van der Waals surface area contributed by atoms with Crippen molar-refractivity contribution in [3.63, 3.8) is 0 Å². The summed E-state index contributed by atoms with van der Waals surface area (Å²) in [6.45, 7) is 8.53. The Bertz CT molecular complexity index is 448. The normalized spacial score (nSPS) is 14.2. The molecule has 0 saturated carbocycles. The molecule has 1 aliphatic rings. The van der Waals surface area contributed by atoms with Gasteiger partial charge in [-0.2, -0.15) is 0 Å². The number of hydrogen-bond acceptors (Lipinski definition) is 4. The molecule has 0 aliphatic carbocycles. The van der Waals surface area contributed by atoms with Gasteiger partial charge in [-0.25, -0.2) is 0 Å². The van der Waals surface area contributed by atoms with Crippen LogP contribution in [0.2, 0.25) is 0 Å². The van der Waals surface area contributed by atoms with Crippen molar-refractivity contribution >= 4 is 11.3 Å². The van der Waals surface area contributed by atoms with E-state index < -0.39 is 0 Å². The fourth-order valence-corrected chi connectivity index (χ4v) is 2.72. The predicted octanol–water partition coefficient (Wildman–Crippen LogP) is 3.32. The van der Waals surface area contributed by atoms with Crippen molar-refractivity contribution in [3.05, 3.63) is 40.2 Å². The van der Waals surface area contributed by atoms with E-state index in [-0.39, 0.29) is 0 Å². The fraction of sp³-hybridized carbons (Fsp3) is 0.385. The first-order valence-corrected chi connectivity index (χ1v) is 6.54. The average molecular weight is 251 g/mol. The second-order valence-corrected chi connectivity index (χ2v) is 5.23. The second kappa shape index (κ2) is 5.27. The van der Waals surface area contributed by atoms with Gasteiger partial charge < -0.3 is 14.8 Å². The third kappa shape index (κ3) is 3.03. The summed E-state index contributed by atoms with van der Waals surface area (Å²) in [4.78, 5) is 2.59. The van der Waals surface area contributed by atoms with Crippen LogP contribution in [0.5, 0.6) is 5.75 Å². The van der Waals surface area contributed by atoms with Gasteiger partial charge in [-0.15, -0.1) is 11.3 Å². The van der Waals surface area contributed by atoms with Crippen LogP contribution < -0.4 is 10.1 Å². The highest BCUT2D eigenvalue weighted by Crippen LogP contribution is 2.31. The highest BCUT2D eigenvalue weighted by atomic mass is 32.1. The van der Waals surface area contributed by atoms with Gasteiger partial charge in [-0.1, -0.05) is 0 Å². The van der Waals surface area contributed by atoms with Crippen LogP contribution in [0.25, 0.3) is 0 Å². The summed E-state index contributed by atoms with van der Waals surface area (Å²) in [5, 5.41) is 3.09. The van der Waals surface area contributed by atoms with E-state index in [1.165, 1.54) is 9.75 Å². The quantitative estimate of drug-likeness (QED) is 0.870.